The van der Waals surface area contributed by atoms with Crippen molar-refractivity contribution in [2.45, 2.75) is 0 Å². The third kappa shape index (κ3) is 4.03. The molecule has 0 fully saturated rings. The van der Waals surface area contributed by atoms with Crippen LogP contribution < -0.4 is 4.74 Å². The number of hydrogen-bond acceptors (Lipinski definition) is 4. The Morgan fingerprint density at radius 1 is 0.880 bits per heavy atom. The number of fused-ring (bicyclic) bond motifs is 1. The highest BCUT2D eigenvalue weighted by Gasteiger charge is 2.06. The van der Waals surface area contributed by atoms with Crippen LogP contribution in [0.2, 0.25) is 0 Å². The molecular formula is C20H14O5. The predicted octanol–water partition coefficient (Wildman–Crippen LogP) is 3.86. The lowest BCUT2D eigenvalue weighted by Gasteiger charge is -2.04. The molecule has 0 aliphatic heterocycles. The lowest BCUT2D eigenvalue weighted by Crippen LogP contribution is -2.03. The molecule has 0 amide bonds. The van der Waals surface area contributed by atoms with E-state index in [9.17, 15) is 14.7 Å². The Labute approximate surface area is 143 Å². The fourth-order valence-corrected chi connectivity index (χ4v) is 2.32. The van der Waals surface area contributed by atoms with Gasteiger partial charge in [-0.2, -0.15) is 0 Å². The van der Waals surface area contributed by atoms with Gasteiger partial charge in [0.2, 0.25) is 0 Å². The molecule has 0 aliphatic carbocycles. The van der Waals surface area contributed by atoms with Gasteiger partial charge in [-0.15, -0.1) is 0 Å². The number of hydrogen-bond donors (Lipinski definition) is 2. The molecule has 0 saturated carbocycles. The van der Waals surface area contributed by atoms with Gasteiger partial charge in [-0.05, 0) is 58.8 Å². The zero-order chi connectivity index (χ0) is 17.8. The minimum Gasteiger partial charge on any atom is -0.508 e. The van der Waals surface area contributed by atoms with E-state index in [1.807, 2.05) is 0 Å². The summed E-state index contributed by atoms with van der Waals surface area (Å²) in [5.41, 5.74) is 0.962. The van der Waals surface area contributed by atoms with Crippen molar-refractivity contribution in [1.82, 2.24) is 0 Å². The highest BCUT2D eigenvalue weighted by molar-refractivity contribution is 5.95. The molecule has 124 valence electrons. The van der Waals surface area contributed by atoms with Gasteiger partial charge in [0, 0.05) is 6.08 Å². The Morgan fingerprint density at radius 3 is 2.28 bits per heavy atom. The smallest absolute Gasteiger partial charge is 0.336 e. The summed E-state index contributed by atoms with van der Waals surface area (Å²) in [6.07, 6.45) is 2.88. The molecule has 0 radical (unpaired) electrons. The van der Waals surface area contributed by atoms with Gasteiger partial charge < -0.3 is 14.9 Å². The van der Waals surface area contributed by atoms with Crippen molar-refractivity contribution in [3.8, 4) is 11.5 Å². The van der Waals surface area contributed by atoms with Gasteiger partial charge in [0.25, 0.3) is 0 Å². The van der Waals surface area contributed by atoms with Gasteiger partial charge in [-0.25, -0.2) is 9.59 Å². The molecule has 25 heavy (non-hydrogen) atoms. The van der Waals surface area contributed by atoms with Crippen LogP contribution in [0.1, 0.15) is 15.9 Å². The molecule has 0 aliphatic rings. The fourth-order valence-electron chi connectivity index (χ4n) is 2.32. The monoisotopic (exact) mass is 334 g/mol. The number of carbonyl (C=O) groups excluding carboxylic acids is 1. The predicted molar refractivity (Wildman–Crippen MR) is 93.7 cm³/mol. The summed E-state index contributed by atoms with van der Waals surface area (Å²) < 4.78 is 5.25. The molecule has 3 rings (SSSR count). The number of rotatable bonds is 4. The molecule has 3 aromatic carbocycles. The van der Waals surface area contributed by atoms with Crippen molar-refractivity contribution in [1.29, 1.82) is 0 Å². The van der Waals surface area contributed by atoms with Crippen molar-refractivity contribution in [2.24, 2.45) is 0 Å². The van der Waals surface area contributed by atoms with E-state index in [1.54, 1.807) is 48.5 Å². The Hall–Kier alpha value is -3.60. The van der Waals surface area contributed by atoms with Crippen LogP contribution in [0, 0.1) is 0 Å². The van der Waals surface area contributed by atoms with Gasteiger partial charge in [-0.1, -0.05) is 24.3 Å². The number of esters is 1. The minimum absolute atomic E-state index is 0.155. The zero-order valence-corrected chi connectivity index (χ0v) is 13.0. The Kier molecular flexibility index (Phi) is 4.48. The number of carbonyl (C=O) groups is 2. The van der Waals surface area contributed by atoms with Crippen molar-refractivity contribution in [2.75, 3.05) is 0 Å². The number of carboxylic acid groups (broad SMARTS) is 1. The number of benzene rings is 3. The normalized spacial score (nSPS) is 10.9. The molecule has 2 N–H and O–H groups in total. The van der Waals surface area contributed by atoms with Gasteiger partial charge in [0.05, 0.1) is 5.56 Å². The molecule has 5 nitrogen and oxygen atoms in total. The van der Waals surface area contributed by atoms with Crippen molar-refractivity contribution in [3.05, 3.63) is 77.9 Å². The molecular weight excluding hydrogens is 320 g/mol. The van der Waals surface area contributed by atoms with Crippen molar-refractivity contribution < 1.29 is 24.5 Å². The van der Waals surface area contributed by atoms with E-state index in [2.05, 4.69) is 0 Å². The first kappa shape index (κ1) is 16.3. The highest BCUT2D eigenvalue weighted by Crippen LogP contribution is 2.22. The molecule has 0 heterocycles. The van der Waals surface area contributed by atoms with E-state index in [1.165, 1.54) is 24.3 Å². The molecule has 0 unspecified atom stereocenters. The average Bonchev–Trinajstić information content (AvgIpc) is 2.60. The average molecular weight is 334 g/mol. The van der Waals surface area contributed by atoms with Gasteiger partial charge >= 0.3 is 11.9 Å². The first-order valence-corrected chi connectivity index (χ1v) is 7.47. The molecule has 0 saturated heterocycles. The highest BCUT2D eigenvalue weighted by atomic mass is 16.5. The first-order valence-electron chi connectivity index (χ1n) is 7.47. The Balaban J connectivity index is 1.73. The number of carboxylic acids is 1. The topological polar surface area (TPSA) is 83.8 Å². The third-order valence-corrected chi connectivity index (χ3v) is 3.58. The number of phenolic OH excluding ortho intramolecular Hbond substituents is 1. The fraction of sp³-hybridized carbons (Fsp3) is 0. The summed E-state index contributed by atoms with van der Waals surface area (Å²) in [5, 5.41) is 19.7. The second kappa shape index (κ2) is 6.88. The van der Waals surface area contributed by atoms with Gasteiger partial charge in [0.15, 0.2) is 0 Å². The van der Waals surface area contributed by atoms with Gasteiger partial charge in [-0.3, -0.25) is 0 Å². The second-order valence-corrected chi connectivity index (χ2v) is 5.37. The molecule has 0 spiro atoms. The largest absolute Gasteiger partial charge is 0.508 e. The van der Waals surface area contributed by atoms with E-state index in [-0.39, 0.29) is 11.3 Å². The van der Waals surface area contributed by atoms with E-state index in [0.29, 0.717) is 5.75 Å². The molecule has 3 aromatic rings. The summed E-state index contributed by atoms with van der Waals surface area (Å²) in [7, 11) is 0. The van der Waals surface area contributed by atoms with Crippen molar-refractivity contribution >= 4 is 28.8 Å². The second-order valence-electron chi connectivity index (χ2n) is 5.37. The van der Waals surface area contributed by atoms with Crippen LogP contribution in [0.4, 0.5) is 0 Å². The molecule has 0 aromatic heterocycles. The van der Waals surface area contributed by atoms with Crippen LogP contribution in [0.15, 0.2) is 66.7 Å². The number of phenols is 1. The lowest BCUT2D eigenvalue weighted by atomic mass is 10.1. The zero-order valence-electron chi connectivity index (χ0n) is 13.0. The number of aromatic hydroxyl groups is 1. The Morgan fingerprint density at radius 2 is 1.56 bits per heavy atom. The summed E-state index contributed by atoms with van der Waals surface area (Å²) >= 11 is 0. The molecule has 0 bridgehead atoms. The minimum atomic E-state index is -0.989. The first-order chi connectivity index (χ1) is 12.0. The SMILES string of the molecule is O=C(C=Cc1ccc(O)cc1)Oc1ccc2cc(C(=O)O)ccc2c1. The standard InChI is InChI=1S/C20H14O5/c21-17-7-1-13(2-8-17)3-10-19(22)25-18-9-6-14-11-16(20(23)24)5-4-15(14)12-18/h1-12,21H,(H,23,24). The Bertz CT molecular complexity index is 971. The van der Waals surface area contributed by atoms with E-state index in [0.717, 1.165) is 16.3 Å². The van der Waals surface area contributed by atoms with Crippen LogP contribution >= 0.6 is 0 Å². The summed E-state index contributed by atoms with van der Waals surface area (Å²) in [6.45, 7) is 0. The van der Waals surface area contributed by atoms with Crippen LogP contribution in [0.25, 0.3) is 16.8 Å². The molecule has 0 atom stereocenters. The summed E-state index contributed by atoms with van der Waals surface area (Å²) in [6, 6.07) is 16.1. The van der Waals surface area contributed by atoms with E-state index >= 15 is 0 Å². The molecule has 5 heteroatoms. The maximum atomic E-state index is 11.9. The quantitative estimate of drug-likeness (QED) is 0.430. The summed E-state index contributed by atoms with van der Waals surface area (Å²) in [5.74, 6) is -0.996. The maximum absolute atomic E-state index is 11.9. The van der Waals surface area contributed by atoms with Crippen LogP contribution in [-0.2, 0) is 4.79 Å². The van der Waals surface area contributed by atoms with Crippen LogP contribution in [-0.4, -0.2) is 22.2 Å². The van der Waals surface area contributed by atoms with Gasteiger partial charge in [0.1, 0.15) is 11.5 Å². The number of ether oxygens (including phenoxy) is 1. The third-order valence-electron chi connectivity index (χ3n) is 3.58. The number of aromatic carboxylic acids is 1. The lowest BCUT2D eigenvalue weighted by molar-refractivity contribution is -0.128. The van der Waals surface area contributed by atoms with Crippen molar-refractivity contribution in [3.63, 3.8) is 0 Å². The van der Waals surface area contributed by atoms with E-state index < -0.39 is 11.9 Å². The van der Waals surface area contributed by atoms with Crippen LogP contribution in [0.5, 0.6) is 11.5 Å². The van der Waals surface area contributed by atoms with E-state index in [4.69, 9.17) is 9.84 Å². The van der Waals surface area contributed by atoms with Crippen LogP contribution in [0.3, 0.4) is 0 Å². The maximum Gasteiger partial charge on any atom is 0.336 e. The summed E-state index contributed by atoms with van der Waals surface area (Å²) in [4.78, 5) is 22.9.